The molecule has 0 radical (unpaired) electrons. The average molecular weight is 934 g/mol. The minimum Gasteiger partial charge on any atom is -0.462 e. The van der Waals surface area contributed by atoms with Crippen molar-refractivity contribution in [1.29, 1.82) is 0 Å². The monoisotopic (exact) mass is 933 g/mol. The molecule has 0 aromatic rings. The molecule has 6 heteroatoms. The van der Waals surface area contributed by atoms with Crippen molar-refractivity contribution in [2.24, 2.45) is 17.8 Å². The number of rotatable bonds is 53. The summed E-state index contributed by atoms with van der Waals surface area (Å²) in [6.07, 6.45) is 53.8. The zero-order valence-corrected chi connectivity index (χ0v) is 45.5. The normalized spacial score (nSPS) is 12.5. The maximum Gasteiger partial charge on any atom is 0.306 e. The largest absolute Gasteiger partial charge is 0.462 e. The lowest BCUT2D eigenvalue weighted by atomic mass is 9.99. The molecule has 0 saturated heterocycles. The van der Waals surface area contributed by atoms with E-state index in [0.717, 1.165) is 75.5 Å². The van der Waals surface area contributed by atoms with E-state index in [2.05, 4.69) is 41.5 Å². The lowest BCUT2D eigenvalue weighted by Gasteiger charge is -2.18. The highest BCUT2D eigenvalue weighted by Crippen LogP contribution is 2.19. The first-order valence-electron chi connectivity index (χ1n) is 29.6. The molecular formula is C60H116O6. The zero-order chi connectivity index (χ0) is 48.4. The number of carbonyl (C=O) groups excluding carboxylic acids is 3. The Hall–Kier alpha value is -1.59. The fraction of sp³-hybridized carbons (Fsp3) is 0.950. The van der Waals surface area contributed by atoms with Gasteiger partial charge < -0.3 is 14.2 Å². The summed E-state index contributed by atoms with van der Waals surface area (Å²) in [6.45, 7) is 13.8. The number of hydrogen-bond acceptors (Lipinski definition) is 6. The van der Waals surface area contributed by atoms with E-state index in [9.17, 15) is 14.4 Å². The van der Waals surface area contributed by atoms with Crippen molar-refractivity contribution in [3.05, 3.63) is 0 Å². The smallest absolute Gasteiger partial charge is 0.306 e. The van der Waals surface area contributed by atoms with Crippen LogP contribution >= 0.6 is 0 Å². The van der Waals surface area contributed by atoms with Crippen molar-refractivity contribution >= 4 is 17.9 Å². The van der Waals surface area contributed by atoms with Crippen molar-refractivity contribution in [3.8, 4) is 0 Å². The van der Waals surface area contributed by atoms with Crippen LogP contribution in [0.25, 0.3) is 0 Å². The molecule has 0 N–H and O–H groups in total. The predicted molar refractivity (Wildman–Crippen MR) is 284 cm³/mol. The lowest BCUT2D eigenvalue weighted by Crippen LogP contribution is -2.30. The van der Waals surface area contributed by atoms with Crippen LogP contribution in [0.3, 0.4) is 0 Å². The van der Waals surface area contributed by atoms with Gasteiger partial charge >= 0.3 is 17.9 Å². The second-order valence-electron chi connectivity index (χ2n) is 21.8. The number of carbonyl (C=O) groups is 3. The molecule has 0 heterocycles. The topological polar surface area (TPSA) is 78.9 Å². The van der Waals surface area contributed by atoms with Crippen LogP contribution in [0, 0.1) is 17.8 Å². The molecule has 0 spiro atoms. The highest BCUT2D eigenvalue weighted by molar-refractivity contribution is 5.71. The Labute approximate surface area is 412 Å². The van der Waals surface area contributed by atoms with E-state index in [0.29, 0.717) is 19.3 Å². The van der Waals surface area contributed by atoms with Gasteiger partial charge in [0, 0.05) is 19.3 Å². The molecule has 0 rings (SSSR count). The van der Waals surface area contributed by atoms with Crippen molar-refractivity contribution < 1.29 is 28.6 Å². The number of ether oxygens (including phenoxy) is 3. The fourth-order valence-electron chi connectivity index (χ4n) is 9.14. The van der Waals surface area contributed by atoms with Crippen molar-refractivity contribution in [3.63, 3.8) is 0 Å². The van der Waals surface area contributed by atoms with Crippen LogP contribution in [-0.4, -0.2) is 37.2 Å². The summed E-state index contributed by atoms with van der Waals surface area (Å²) >= 11 is 0. The van der Waals surface area contributed by atoms with E-state index in [1.807, 2.05) is 0 Å². The number of hydrogen-bond donors (Lipinski definition) is 0. The molecule has 0 aliphatic heterocycles. The van der Waals surface area contributed by atoms with Gasteiger partial charge in [-0.3, -0.25) is 14.4 Å². The van der Waals surface area contributed by atoms with Gasteiger partial charge in [0.25, 0.3) is 0 Å². The highest BCUT2D eigenvalue weighted by Gasteiger charge is 2.19. The third kappa shape index (κ3) is 51.8. The molecule has 0 aliphatic carbocycles. The molecule has 0 aromatic heterocycles. The van der Waals surface area contributed by atoms with Crippen LogP contribution < -0.4 is 0 Å². The van der Waals surface area contributed by atoms with Gasteiger partial charge in [-0.1, -0.05) is 292 Å². The van der Waals surface area contributed by atoms with Gasteiger partial charge in [0.05, 0.1) is 0 Å². The Morgan fingerprint density at radius 3 is 0.788 bits per heavy atom. The SMILES string of the molecule is CCC(C)CCCCCCCCCCCCC(=O)OC[C@@H](COC(=O)CCCCCCCCCCCCC(C)C)OC(=O)CCCCCCCCCCCCCCCCCCCCC(C)C. The maximum absolute atomic E-state index is 12.9. The summed E-state index contributed by atoms with van der Waals surface area (Å²) < 4.78 is 16.9. The van der Waals surface area contributed by atoms with Crippen LogP contribution in [0.2, 0.25) is 0 Å². The summed E-state index contributed by atoms with van der Waals surface area (Å²) in [7, 11) is 0. The Morgan fingerprint density at radius 1 is 0.303 bits per heavy atom. The first kappa shape index (κ1) is 64.4. The molecule has 6 nitrogen and oxygen atoms in total. The van der Waals surface area contributed by atoms with Crippen LogP contribution in [0.4, 0.5) is 0 Å². The van der Waals surface area contributed by atoms with Gasteiger partial charge in [0.15, 0.2) is 6.10 Å². The van der Waals surface area contributed by atoms with Crippen LogP contribution in [0.15, 0.2) is 0 Å². The van der Waals surface area contributed by atoms with Gasteiger partial charge in [-0.15, -0.1) is 0 Å². The second-order valence-corrected chi connectivity index (χ2v) is 21.8. The number of unbranched alkanes of at least 4 members (excludes halogenated alkanes) is 35. The molecule has 0 aromatic carbocycles. The third-order valence-corrected chi connectivity index (χ3v) is 14.0. The van der Waals surface area contributed by atoms with Crippen LogP contribution in [0.1, 0.15) is 330 Å². The van der Waals surface area contributed by atoms with Gasteiger partial charge in [-0.05, 0) is 37.0 Å². The van der Waals surface area contributed by atoms with Gasteiger partial charge in [-0.2, -0.15) is 0 Å². The van der Waals surface area contributed by atoms with E-state index in [4.69, 9.17) is 14.2 Å². The second kappa shape index (κ2) is 51.3. The molecule has 2 atom stereocenters. The van der Waals surface area contributed by atoms with E-state index in [-0.39, 0.29) is 31.1 Å². The molecule has 0 bridgehead atoms. The molecule has 0 aliphatic rings. The first-order chi connectivity index (χ1) is 32.1. The van der Waals surface area contributed by atoms with Crippen molar-refractivity contribution in [2.45, 2.75) is 337 Å². The van der Waals surface area contributed by atoms with Crippen LogP contribution in [-0.2, 0) is 28.6 Å². The van der Waals surface area contributed by atoms with Gasteiger partial charge in [0.1, 0.15) is 13.2 Å². The Kier molecular flexibility index (Phi) is 50.0. The molecule has 0 saturated carbocycles. The zero-order valence-electron chi connectivity index (χ0n) is 45.5. The Balaban J connectivity index is 4.27. The van der Waals surface area contributed by atoms with E-state index in [1.54, 1.807) is 0 Å². The lowest BCUT2D eigenvalue weighted by molar-refractivity contribution is -0.167. The van der Waals surface area contributed by atoms with Crippen molar-refractivity contribution in [1.82, 2.24) is 0 Å². The van der Waals surface area contributed by atoms with Gasteiger partial charge in [0.2, 0.25) is 0 Å². The number of esters is 3. The minimum atomic E-state index is -0.764. The van der Waals surface area contributed by atoms with Crippen molar-refractivity contribution in [2.75, 3.05) is 13.2 Å². The summed E-state index contributed by atoms with van der Waals surface area (Å²) in [5.74, 6) is 1.70. The standard InChI is InChI=1S/C60H116O6/c1-7-56(6)48-42-36-30-24-19-21-26-32-38-44-50-59(62)65-53-57(52-64-58(61)49-43-37-31-25-20-18-23-29-35-41-47-55(4)5)66-60(63)51-45-39-33-27-17-15-13-11-9-8-10-12-14-16-22-28-34-40-46-54(2)3/h54-57H,7-53H2,1-6H3/t56?,57-/m1/s1. The summed E-state index contributed by atoms with van der Waals surface area (Å²) in [5.41, 5.74) is 0. The average Bonchev–Trinajstić information content (AvgIpc) is 3.29. The molecule has 1 unspecified atom stereocenters. The fourth-order valence-corrected chi connectivity index (χ4v) is 9.14. The Morgan fingerprint density at radius 2 is 0.530 bits per heavy atom. The third-order valence-electron chi connectivity index (χ3n) is 14.0. The summed E-state index contributed by atoms with van der Waals surface area (Å²) in [5, 5.41) is 0. The molecule has 66 heavy (non-hydrogen) atoms. The van der Waals surface area contributed by atoms with E-state index < -0.39 is 6.10 Å². The van der Waals surface area contributed by atoms with E-state index in [1.165, 1.54) is 212 Å². The molecule has 0 fully saturated rings. The maximum atomic E-state index is 12.9. The molecular weight excluding hydrogens is 817 g/mol. The predicted octanol–water partition coefficient (Wildman–Crippen LogP) is 19.5. The molecule has 392 valence electrons. The van der Waals surface area contributed by atoms with Gasteiger partial charge in [-0.25, -0.2) is 0 Å². The summed E-state index contributed by atoms with van der Waals surface area (Å²) in [6, 6.07) is 0. The quantitative estimate of drug-likeness (QED) is 0.0343. The Bertz CT molecular complexity index is 1020. The first-order valence-corrected chi connectivity index (χ1v) is 29.6. The minimum absolute atomic E-state index is 0.0638. The van der Waals surface area contributed by atoms with E-state index >= 15 is 0 Å². The van der Waals surface area contributed by atoms with Crippen LogP contribution in [0.5, 0.6) is 0 Å². The molecule has 0 amide bonds. The highest BCUT2D eigenvalue weighted by atomic mass is 16.6. The summed E-state index contributed by atoms with van der Waals surface area (Å²) in [4.78, 5) is 38.2.